The zero-order valence-corrected chi connectivity index (χ0v) is 9.99. The van der Waals surface area contributed by atoms with Gasteiger partial charge in [-0.25, -0.2) is 0 Å². The standard InChI is InChI=1S/C11H18FN5/c1-8-6-16(10-5-14-15-11(10)12)7-9-4-13-2-3-17(8)9/h5,8-9,13H,2-4,6-7H2,1H3,(H,14,15)/t8-,9+/m1/s1. The highest BCUT2D eigenvalue weighted by Crippen LogP contribution is 2.24. The normalized spacial score (nSPS) is 30.4. The fourth-order valence-electron chi connectivity index (χ4n) is 2.96. The van der Waals surface area contributed by atoms with Crippen LogP contribution in [0, 0.1) is 5.95 Å². The van der Waals surface area contributed by atoms with E-state index in [1.54, 1.807) is 6.20 Å². The van der Waals surface area contributed by atoms with Gasteiger partial charge in [0.25, 0.3) is 5.95 Å². The number of halogens is 1. The van der Waals surface area contributed by atoms with Gasteiger partial charge in [-0.3, -0.25) is 10.00 Å². The van der Waals surface area contributed by atoms with E-state index >= 15 is 0 Å². The Kier molecular flexibility index (Phi) is 2.76. The summed E-state index contributed by atoms with van der Waals surface area (Å²) < 4.78 is 13.5. The summed E-state index contributed by atoms with van der Waals surface area (Å²) in [6.07, 6.45) is 1.65. The number of fused-ring (bicyclic) bond motifs is 1. The average molecular weight is 239 g/mol. The molecule has 0 bridgehead atoms. The van der Waals surface area contributed by atoms with Gasteiger partial charge in [-0.1, -0.05) is 0 Å². The topological polar surface area (TPSA) is 47.2 Å². The fourth-order valence-corrected chi connectivity index (χ4v) is 2.96. The van der Waals surface area contributed by atoms with E-state index in [4.69, 9.17) is 0 Å². The van der Waals surface area contributed by atoms with Gasteiger partial charge < -0.3 is 10.2 Å². The molecule has 1 aromatic heterocycles. The molecular formula is C11H18FN5. The van der Waals surface area contributed by atoms with Gasteiger partial charge in [-0.15, -0.1) is 5.10 Å². The molecule has 0 amide bonds. The lowest BCUT2D eigenvalue weighted by Crippen LogP contribution is -2.64. The van der Waals surface area contributed by atoms with Crippen molar-refractivity contribution in [3.8, 4) is 0 Å². The molecule has 2 N–H and O–H groups in total. The van der Waals surface area contributed by atoms with E-state index in [-0.39, 0.29) is 0 Å². The highest BCUT2D eigenvalue weighted by atomic mass is 19.1. The first-order chi connectivity index (χ1) is 8.25. The van der Waals surface area contributed by atoms with Crippen molar-refractivity contribution >= 4 is 5.69 Å². The molecule has 2 atom stereocenters. The Labute approximate surface area is 100.0 Å². The highest BCUT2D eigenvalue weighted by molar-refractivity contribution is 5.44. The van der Waals surface area contributed by atoms with E-state index in [0.717, 1.165) is 32.7 Å². The third-order valence-corrected chi connectivity index (χ3v) is 3.79. The van der Waals surface area contributed by atoms with Crippen LogP contribution in [-0.4, -0.2) is 59.9 Å². The van der Waals surface area contributed by atoms with Crippen molar-refractivity contribution in [1.29, 1.82) is 0 Å². The number of piperazine rings is 2. The third-order valence-electron chi connectivity index (χ3n) is 3.79. The van der Waals surface area contributed by atoms with Crippen LogP contribution in [0.1, 0.15) is 6.92 Å². The van der Waals surface area contributed by atoms with Crippen molar-refractivity contribution in [3.05, 3.63) is 12.1 Å². The van der Waals surface area contributed by atoms with E-state index in [2.05, 4.69) is 32.2 Å². The Balaban J connectivity index is 1.79. The van der Waals surface area contributed by atoms with Crippen LogP contribution < -0.4 is 10.2 Å². The quantitative estimate of drug-likeness (QED) is 0.726. The van der Waals surface area contributed by atoms with Gasteiger partial charge in [0, 0.05) is 51.0 Å². The number of nitrogens with zero attached hydrogens (tertiary/aromatic N) is 3. The van der Waals surface area contributed by atoms with Crippen molar-refractivity contribution in [2.24, 2.45) is 0 Å². The summed E-state index contributed by atoms with van der Waals surface area (Å²) >= 11 is 0. The Morgan fingerprint density at radius 3 is 3.12 bits per heavy atom. The van der Waals surface area contributed by atoms with Crippen LogP contribution >= 0.6 is 0 Å². The van der Waals surface area contributed by atoms with Crippen molar-refractivity contribution < 1.29 is 4.39 Å². The molecule has 0 spiro atoms. The summed E-state index contributed by atoms with van der Waals surface area (Å²) in [6, 6.07) is 0.937. The van der Waals surface area contributed by atoms with Gasteiger partial charge in [-0.05, 0) is 6.92 Å². The maximum absolute atomic E-state index is 13.5. The molecule has 3 rings (SSSR count). The number of hydrogen-bond donors (Lipinski definition) is 2. The van der Waals surface area contributed by atoms with Crippen LogP contribution in [0.25, 0.3) is 0 Å². The van der Waals surface area contributed by atoms with Crippen LogP contribution in [-0.2, 0) is 0 Å². The summed E-state index contributed by atoms with van der Waals surface area (Å²) in [4.78, 5) is 4.61. The number of nitrogens with one attached hydrogen (secondary N) is 2. The first kappa shape index (κ1) is 11.0. The predicted octanol–water partition coefficient (Wildman–Crippen LogP) is 0.0311. The minimum absolute atomic E-state index is 0.394. The maximum Gasteiger partial charge on any atom is 0.255 e. The lowest BCUT2D eigenvalue weighted by atomic mass is 10.0. The van der Waals surface area contributed by atoms with E-state index in [0.29, 0.717) is 17.8 Å². The predicted molar refractivity (Wildman–Crippen MR) is 63.6 cm³/mol. The minimum Gasteiger partial charge on any atom is -0.363 e. The SMILES string of the molecule is C[C@@H]1CN(c2c[nH]nc2F)C[C@@H]2CNCCN21. The molecule has 6 heteroatoms. The van der Waals surface area contributed by atoms with E-state index < -0.39 is 5.95 Å². The molecule has 2 aliphatic rings. The third kappa shape index (κ3) is 1.91. The fraction of sp³-hybridized carbons (Fsp3) is 0.727. The van der Waals surface area contributed by atoms with Gasteiger partial charge in [0.1, 0.15) is 5.69 Å². The van der Waals surface area contributed by atoms with Gasteiger partial charge in [-0.2, -0.15) is 4.39 Å². The molecule has 2 aliphatic heterocycles. The second kappa shape index (κ2) is 4.27. The number of aromatic amines is 1. The molecule has 3 heterocycles. The van der Waals surface area contributed by atoms with E-state index in [1.807, 2.05) is 0 Å². The highest BCUT2D eigenvalue weighted by Gasteiger charge is 2.34. The summed E-state index contributed by atoms with van der Waals surface area (Å²) in [7, 11) is 0. The second-order valence-corrected chi connectivity index (χ2v) is 4.91. The summed E-state index contributed by atoms with van der Waals surface area (Å²) in [6.45, 7) is 7.08. The first-order valence-electron chi connectivity index (χ1n) is 6.16. The Bertz CT molecular complexity index is 393. The summed E-state index contributed by atoms with van der Waals surface area (Å²) in [5.74, 6) is -0.394. The van der Waals surface area contributed by atoms with Crippen LogP contribution in [0.3, 0.4) is 0 Å². The molecule has 0 aliphatic carbocycles. The minimum atomic E-state index is -0.394. The van der Waals surface area contributed by atoms with Crippen molar-refractivity contribution in [3.63, 3.8) is 0 Å². The first-order valence-corrected chi connectivity index (χ1v) is 6.16. The van der Waals surface area contributed by atoms with Gasteiger partial charge in [0.05, 0.1) is 0 Å². The molecule has 2 saturated heterocycles. The molecule has 0 radical (unpaired) electrons. The van der Waals surface area contributed by atoms with E-state index in [1.165, 1.54) is 0 Å². The molecule has 17 heavy (non-hydrogen) atoms. The lowest BCUT2D eigenvalue weighted by molar-refractivity contribution is 0.0967. The van der Waals surface area contributed by atoms with Crippen molar-refractivity contribution in [2.45, 2.75) is 19.0 Å². The number of rotatable bonds is 1. The van der Waals surface area contributed by atoms with Crippen LogP contribution in [0.15, 0.2) is 6.20 Å². The van der Waals surface area contributed by atoms with Crippen LogP contribution in [0.2, 0.25) is 0 Å². The van der Waals surface area contributed by atoms with Crippen molar-refractivity contribution in [1.82, 2.24) is 20.4 Å². The Hall–Kier alpha value is -1.14. The molecule has 94 valence electrons. The number of anilines is 1. The van der Waals surface area contributed by atoms with Gasteiger partial charge in [0.2, 0.25) is 0 Å². The molecule has 5 nitrogen and oxygen atoms in total. The van der Waals surface area contributed by atoms with Crippen LogP contribution in [0.4, 0.5) is 10.1 Å². The zero-order chi connectivity index (χ0) is 11.8. The Morgan fingerprint density at radius 2 is 2.35 bits per heavy atom. The molecule has 1 aromatic rings. The smallest absolute Gasteiger partial charge is 0.255 e. The van der Waals surface area contributed by atoms with E-state index in [9.17, 15) is 4.39 Å². The lowest BCUT2D eigenvalue weighted by Gasteiger charge is -2.48. The van der Waals surface area contributed by atoms with Gasteiger partial charge in [0.15, 0.2) is 0 Å². The Morgan fingerprint density at radius 1 is 1.47 bits per heavy atom. The molecular weight excluding hydrogens is 221 g/mol. The van der Waals surface area contributed by atoms with Gasteiger partial charge >= 0.3 is 0 Å². The van der Waals surface area contributed by atoms with Crippen molar-refractivity contribution in [2.75, 3.05) is 37.6 Å². The molecule has 2 fully saturated rings. The second-order valence-electron chi connectivity index (χ2n) is 4.91. The largest absolute Gasteiger partial charge is 0.363 e. The monoisotopic (exact) mass is 239 g/mol. The van der Waals surface area contributed by atoms with Crippen LogP contribution in [0.5, 0.6) is 0 Å². The number of hydrogen-bond acceptors (Lipinski definition) is 4. The molecule has 0 unspecified atom stereocenters. The zero-order valence-electron chi connectivity index (χ0n) is 9.99. The number of H-pyrrole nitrogens is 1. The summed E-state index contributed by atoms with van der Waals surface area (Å²) in [5, 5.41) is 9.54. The molecule has 0 saturated carbocycles. The molecule has 0 aromatic carbocycles. The maximum atomic E-state index is 13.5. The summed E-state index contributed by atoms with van der Waals surface area (Å²) in [5.41, 5.74) is 0.599. The number of aromatic nitrogens is 2. The average Bonchev–Trinajstić information content (AvgIpc) is 2.75.